The molecule has 10 heteroatoms. The second-order valence-electron chi connectivity index (χ2n) is 15.0. The fraction of sp³-hybridized carbons (Fsp3) is 0.286. The molecule has 0 aliphatic rings. The van der Waals surface area contributed by atoms with Crippen molar-refractivity contribution < 1.29 is 19.4 Å². The van der Waals surface area contributed by atoms with Crippen LogP contribution in [0, 0.1) is 0 Å². The van der Waals surface area contributed by atoms with Gasteiger partial charge in [0.2, 0.25) is 5.56 Å². The molecule has 2 heterocycles. The van der Waals surface area contributed by atoms with E-state index in [0.717, 1.165) is 52.6 Å². The summed E-state index contributed by atoms with van der Waals surface area (Å²) in [5.74, 6) is 0.0374. The summed E-state index contributed by atoms with van der Waals surface area (Å²) in [5.41, 5.74) is 6.91. The molecule has 0 spiro atoms. The van der Waals surface area contributed by atoms with Gasteiger partial charge in [-0.15, -0.1) is 0 Å². The molecule has 0 saturated carbocycles. The van der Waals surface area contributed by atoms with Crippen LogP contribution in [0.25, 0.3) is 32.9 Å². The molecule has 0 aliphatic carbocycles. The molecule has 2 aromatic heterocycles. The van der Waals surface area contributed by atoms with Crippen LogP contribution in [0.2, 0.25) is 18.1 Å². The lowest BCUT2D eigenvalue weighted by Crippen LogP contribution is -2.43. The van der Waals surface area contributed by atoms with Crippen molar-refractivity contribution in [1.29, 1.82) is 0 Å². The van der Waals surface area contributed by atoms with Gasteiger partial charge in [-0.3, -0.25) is 10.1 Å². The molecule has 6 aromatic rings. The maximum absolute atomic E-state index is 12.1. The van der Waals surface area contributed by atoms with E-state index in [0.29, 0.717) is 24.3 Å². The molecular weight excluding hydrogens is 669 g/mol. The minimum absolute atomic E-state index is 0.00201. The van der Waals surface area contributed by atoms with Gasteiger partial charge in [0.25, 0.3) is 0 Å². The summed E-state index contributed by atoms with van der Waals surface area (Å²) in [7, 11) is -2.19. The second kappa shape index (κ2) is 15.2. The highest BCUT2D eigenvalue weighted by molar-refractivity contribution is 6.74. The van der Waals surface area contributed by atoms with Crippen molar-refractivity contribution in [1.82, 2.24) is 14.9 Å². The maximum Gasteiger partial charge on any atom is 0.409 e. The van der Waals surface area contributed by atoms with Crippen molar-refractivity contribution in [2.24, 2.45) is 0 Å². The number of phenols is 1. The zero-order valence-corrected chi connectivity index (χ0v) is 31.5. The number of amides is 1. The highest BCUT2D eigenvalue weighted by Crippen LogP contribution is 2.41. The van der Waals surface area contributed by atoms with Crippen LogP contribution in [-0.4, -0.2) is 40.7 Å². The zero-order valence-electron chi connectivity index (χ0n) is 30.5. The average molecular weight is 717 g/mol. The van der Waals surface area contributed by atoms with E-state index in [-0.39, 0.29) is 22.5 Å². The Bertz CT molecular complexity index is 2260. The Hall–Kier alpha value is -5.16. The number of anilines is 1. The first-order valence-corrected chi connectivity index (χ1v) is 20.7. The Morgan fingerprint density at radius 3 is 2.46 bits per heavy atom. The molecule has 0 saturated heterocycles. The maximum atomic E-state index is 12.1. The SMILES string of the molecule is CC(C)(C)[Si](C)(C)O[C@@H](CNCc1ccc2c(ccn2CCCc2ccc(-c3ccccc3)c(NC(=O)O)c2)c1)c1ccc(O)c2[nH]c(=O)ccc12. The topological polar surface area (TPSA) is 129 Å². The van der Waals surface area contributed by atoms with Gasteiger partial charge in [-0.2, -0.15) is 0 Å². The van der Waals surface area contributed by atoms with Gasteiger partial charge in [0, 0.05) is 48.4 Å². The van der Waals surface area contributed by atoms with Crippen LogP contribution >= 0.6 is 0 Å². The van der Waals surface area contributed by atoms with Crippen molar-refractivity contribution >= 4 is 41.9 Å². The average Bonchev–Trinajstić information content (AvgIpc) is 3.50. The number of phenolic OH excluding ortho intramolecular Hbond substituents is 1. The number of hydrogen-bond donors (Lipinski definition) is 5. The number of fused-ring (bicyclic) bond motifs is 2. The molecule has 1 atom stereocenters. The molecule has 52 heavy (non-hydrogen) atoms. The van der Waals surface area contributed by atoms with Crippen molar-refractivity contribution in [2.45, 2.75) is 70.9 Å². The van der Waals surface area contributed by atoms with Crippen LogP contribution in [0.5, 0.6) is 5.75 Å². The Morgan fingerprint density at radius 1 is 0.942 bits per heavy atom. The van der Waals surface area contributed by atoms with Crippen LogP contribution in [-0.2, 0) is 23.9 Å². The van der Waals surface area contributed by atoms with E-state index in [2.05, 4.69) is 90.6 Å². The number of carboxylic acid groups (broad SMARTS) is 1. The van der Waals surface area contributed by atoms with Crippen molar-refractivity contribution in [2.75, 3.05) is 11.9 Å². The van der Waals surface area contributed by atoms with E-state index >= 15 is 0 Å². The standard InChI is InChI=1S/C42H48N4O5Si/c1-42(2,3)52(4,5)51-38(33-16-19-37(47)40-34(33)17-20-39(48)45-40)27-43-26-29-14-18-36-31(24-29)21-23-46(36)22-9-10-28-13-15-32(30-11-7-6-8-12-30)35(25-28)44-41(49)50/h6-8,11-21,23-25,38,43-44,47H,9-10,22,26-27H2,1-5H3,(H,45,48)(H,49,50)/t38-/m0/s1. The molecule has 6 rings (SSSR count). The van der Waals surface area contributed by atoms with Crippen LogP contribution in [0.4, 0.5) is 10.5 Å². The number of aromatic nitrogens is 2. The summed E-state index contributed by atoms with van der Waals surface area (Å²) in [6, 6.07) is 31.3. The number of nitrogens with one attached hydrogen (secondary N) is 3. The first-order valence-electron chi connectivity index (χ1n) is 17.8. The van der Waals surface area contributed by atoms with Crippen LogP contribution in [0.3, 0.4) is 0 Å². The molecule has 9 nitrogen and oxygen atoms in total. The Kier molecular flexibility index (Phi) is 10.7. The molecule has 0 bridgehead atoms. The van der Waals surface area contributed by atoms with Gasteiger partial charge in [-0.25, -0.2) is 4.79 Å². The molecule has 270 valence electrons. The van der Waals surface area contributed by atoms with Gasteiger partial charge in [-0.1, -0.05) is 75.4 Å². The number of hydrogen-bond acceptors (Lipinski definition) is 5. The molecule has 5 N–H and O–H groups in total. The third-order valence-corrected chi connectivity index (χ3v) is 14.8. The Balaban J connectivity index is 1.12. The predicted octanol–water partition coefficient (Wildman–Crippen LogP) is 9.43. The number of H-pyrrole nitrogens is 1. The van der Waals surface area contributed by atoms with Crippen molar-refractivity contribution in [3.63, 3.8) is 0 Å². The highest BCUT2D eigenvalue weighted by Gasteiger charge is 2.39. The molecule has 4 aromatic carbocycles. The number of benzene rings is 4. The number of aromatic amines is 1. The van der Waals surface area contributed by atoms with Crippen LogP contribution < -0.4 is 16.2 Å². The third-order valence-electron chi connectivity index (χ3n) is 10.3. The van der Waals surface area contributed by atoms with E-state index in [9.17, 15) is 19.8 Å². The summed E-state index contributed by atoms with van der Waals surface area (Å²) in [6.45, 7) is 13.2. The van der Waals surface area contributed by atoms with Gasteiger partial charge in [0.15, 0.2) is 8.32 Å². The normalized spacial score (nSPS) is 12.7. The summed E-state index contributed by atoms with van der Waals surface area (Å²) in [4.78, 5) is 26.4. The van der Waals surface area contributed by atoms with Gasteiger partial charge in [0.05, 0.1) is 17.3 Å². The van der Waals surface area contributed by atoms with Crippen LogP contribution in [0.1, 0.15) is 50.0 Å². The van der Waals surface area contributed by atoms with Crippen molar-refractivity contribution in [3.05, 3.63) is 130 Å². The first kappa shape index (κ1) is 36.6. The fourth-order valence-electron chi connectivity index (χ4n) is 6.48. The number of rotatable bonds is 13. The summed E-state index contributed by atoms with van der Waals surface area (Å²) < 4.78 is 9.24. The molecule has 0 aliphatic heterocycles. The number of aromatic hydroxyl groups is 1. The minimum Gasteiger partial charge on any atom is -0.506 e. The summed E-state index contributed by atoms with van der Waals surface area (Å²) in [6.07, 6.45) is 2.48. The minimum atomic E-state index is -2.19. The van der Waals surface area contributed by atoms with E-state index in [4.69, 9.17) is 4.43 Å². The van der Waals surface area contributed by atoms with E-state index < -0.39 is 14.4 Å². The van der Waals surface area contributed by atoms with E-state index in [1.165, 1.54) is 17.0 Å². The first-order chi connectivity index (χ1) is 24.8. The predicted molar refractivity (Wildman–Crippen MR) is 213 cm³/mol. The lowest BCUT2D eigenvalue weighted by atomic mass is 9.99. The van der Waals surface area contributed by atoms with E-state index in [1.54, 1.807) is 12.1 Å². The third kappa shape index (κ3) is 8.31. The number of aryl methyl sites for hydroxylation is 2. The van der Waals surface area contributed by atoms with Gasteiger partial charge >= 0.3 is 6.09 Å². The smallest absolute Gasteiger partial charge is 0.409 e. The summed E-state index contributed by atoms with van der Waals surface area (Å²) in [5, 5.41) is 28.1. The Labute approximate surface area is 305 Å². The fourth-order valence-corrected chi connectivity index (χ4v) is 7.75. The van der Waals surface area contributed by atoms with Crippen LogP contribution in [0.15, 0.2) is 108 Å². The molecular formula is C42H48N4O5Si. The van der Waals surface area contributed by atoms with Crippen molar-refractivity contribution in [3.8, 4) is 16.9 Å². The second-order valence-corrected chi connectivity index (χ2v) is 19.7. The largest absolute Gasteiger partial charge is 0.506 e. The lowest BCUT2D eigenvalue weighted by Gasteiger charge is -2.39. The number of carbonyl (C=O) groups is 1. The number of pyridine rings is 1. The molecule has 0 unspecified atom stereocenters. The van der Waals surface area contributed by atoms with Gasteiger partial charge in [-0.05, 0) is 95.0 Å². The monoisotopic (exact) mass is 716 g/mol. The molecule has 0 fully saturated rings. The Morgan fingerprint density at radius 2 is 1.71 bits per heavy atom. The highest BCUT2D eigenvalue weighted by atomic mass is 28.4. The summed E-state index contributed by atoms with van der Waals surface area (Å²) >= 11 is 0. The quantitative estimate of drug-likeness (QED) is 0.0758. The lowest BCUT2D eigenvalue weighted by molar-refractivity contribution is 0.181. The molecule has 1 amide bonds. The number of nitrogens with zero attached hydrogens (tertiary/aromatic N) is 1. The van der Waals surface area contributed by atoms with Gasteiger partial charge < -0.3 is 29.5 Å². The van der Waals surface area contributed by atoms with Gasteiger partial charge in [0.1, 0.15) is 5.75 Å². The zero-order chi connectivity index (χ0) is 37.0. The molecule has 0 radical (unpaired) electrons. The van der Waals surface area contributed by atoms with E-state index in [1.807, 2.05) is 48.5 Å².